The molecule has 0 fully saturated rings. The van der Waals surface area contributed by atoms with Crippen LogP contribution in [0.4, 0.5) is 0 Å². The fraction of sp³-hybridized carbons (Fsp3) is 0. The molecule has 0 amide bonds. The molecule has 2 rings (SSSR count). The Labute approximate surface area is 73.3 Å². The molecule has 0 aliphatic carbocycles. The summed E-state index contributed by atoms with van der Waals surface area (Å²) >= 11 is 0. The third-order valence-electron chi connectivity index (χ3n) is 1.67. The molecule has 2 heterocycles. The minimum Gasteiger partial charge on any atom is -0.409 e. The van der Waals surface area contributed by atoms with Gasteiger partial charge in [-0.05, 0) is 0 Å². The van der Waals surface area contributed by atoms with E-state index < -0.39 is 0 Å². The Kier molecular flexibility index (Phi) is 1.59. The van der Waals surface area contributed by atoms with E-state index in [1.165, 1.54) is 0 Å². The predicted octanol–water partition coefficient (Wildman–Crippen LogP) is -0.176. The molecule has 0 saturated heterocycles. The number of aromatic nitrogens is 3. The van der Waals surface area contributed by atoms with Gasteiger partial charge < -0.3 is 10.9 Å². The SMILES string of the molecule is N/C(=N\O)c1ncc2cnccn12. The maximum Gasteiger partial charge on any atom is 0.206 e. The van der Waals surface area contributed by atoms with Crippen molar-refractivity contribution in [3.8, 4) is 0 Å². The second-order valence-corrected chi connectivity index (χ2v) is 2.44. The lowest BCUT2D eigenvalue weighted by Crippen LogP contribution is -2.16. The minimum atomic E-state index is -0.0220. The van der Waals surface area contributed by atoms with E-state index in [4.69, 9.17) is 10.9 Å². The number of nitrogens with two attached hydrogens (primary N) is 1. The number of hydrogen-bond donors (Lipinski definition) is 2. The number of amidine groups is 1. The van der Waals surface area contributed by atoms with Gasteiger partial charge in [0, 0.05) is 12.4 Å². The summed E-state index contributed by atoms with van der Waals surface area (Å²) in [5.74, 6) is 0.381. The van der Waals surface area contributed by atoms with E-state index in [1.54, 1.807) is 29.2 Å². The molecule has 13 heavy (non-hydrogen) atoms. The number of fused-ring (bicyclic) bond motifs is 1. The van der Waals surface area contributed by atoms with Gasteiger partial charge in [0.05, 0.1) is 17.9 Å². The summed E-state index contributed by atoms with van der Waals surface area (Å²) in [7, 11) is 0. The van der Waals surface area contributed by atoms with E-state index in [9.17, 15) is 0 Å². The third-order valence-corrected chi connectivity index (χ3v) is 1.67. The first-order chi connectivity index (χ1) is 6.33. The Hall–Kier alpha value is -2.11. The maximum atomic E-state index is 8.46. The monoisotopic (exact) mass is 177 g/mol. The van der Waals surface area contributed by atoms with Crippen molar-refractivity contribution < 1.29 is 5.21 Å². The highest BCUT2D eigenvalue weighted by Crippen LogP contribution is 2.03. The van der Waals surface area contributed by atoms with E-state index in [0.29, 0.717) is 5.82 Å². The van der Waals surface area contributed by atoms with Crippen molar-refractivity contribution in [2.45, 2.75) is 0 Å². The van der Waals surface area contributed by atoms with Gasteiger partial charge in [-0.3, -0.25) is 9.38 Å². The molecule has 2 aromatic heterocycles. The third kappa shape index (κ3) is 1.08. The lowest BCUT2D eigenvalue weighted by molar-refractivity contribution is 0.318. The molecule has 6 heteroatoms. The van der Waals surface area contributed by atoms with Crippen LogP contribution in [0.15, 0.2) is 29.9 Å². The molecule has 0 unspecified atom stereocenters. The van der Waals surface area contributed by atoms with Crippen LogP contribution in [0, 0.1) is 0 Å². The zero-order chi connectivity index (χ0) is 9.26. The van der Waals surface area contributed by atoms with Crippen LogP contribution in [0.2, 0.25) is 0 Å². The summed E-state index contributed by atoms with van der Waals surface area (Å²) in [6, 6.07) is 0. The predicted molar refractivity (Wildman–Crippen MR) is 45.5 cm³/mol. The van der Waals surface area contributed by atoms with E-state index >= 15 is 0 Å². The molecular weight excluding hydrogens is 170 g/mol. The minimum absolute atomic E-state index is 0.0220. The van der Waals surface area contributed by atoms with E-state index in [-0.39, 0.29) is 5.84 Å². The fourth-order valence-electron chi connectivity index (χ4n) is 1.08. The van der Waals surface area contributed by atoms with Gasteiger partial charge in [-0.15, -0.1) is 0 Å². The largest absolute Gasteiger partial charge is 0.409 e. The highest BCUT2D eigenvalue weighted by atomic mass is 16.4. The van der Waals surface area contributed by atoms with Gasteiger partial charge in [0.25, 0.3) is 0 Å². The molecular formula is C7H7N5O. The molecule has 0 bridgehead atoms. The van der Waals surface area contributed by atoms with Crippen LogP contribution in [-0.4, -0.2) is 25.4 Å². The van der Waals surface area contributed by atoms with Gasteiger partial charge in [-0.2, -0.15) is 0 Å². The van der Waals surface area contributed by atoms with Gasteiger partial charge in [0.2, 0.25) is 5.84 Å². The lowest BCUT2D eigenvalue weighted by Gasteiger charge is -1.96. The number of imidazole rings is 1. The number of nitrogens with zero attached hydrogens (tertiary/aromatic N) is 4. The van der Waals surface area contributed by atoms with Crippen LogP contribution in [0.3, 0.4) is 0 Å². The van der Waals surface area contributed by atoms with E-state index in [2.05, 4.69) is 15.1 Å². The Morgan fingerprint density at radius 2 is 2.38 bits per heavy atom. The Bertz CT molecular complexity index is 461. The molecule has 2 aromatic rings. The number of rotatable bonds is 1. The molecule has 0 atom stereocenters. The van der Waals surface area contributed by atoms with E-state index in [0.717, 1.165) is 5.52 Å². The molecule has 0 aliphatic heterocycles. The summed E-state index contributed by atoms with van der Waals surface area (Å²) < 4.78 is 1.68. The van der Waals surface area contributed by atoms with E-state index in [1.807, 2.05) is 0 Å². The first kappa shape index (κ1) is 7.53. The van der Waals surface area contributed by atoms with Crippen molar-refractivity contribution in [2.24, 2.45) is 10.9 Å². The Morgan fingerprint density at radius 1 is 1.54 bits per heavy atom. The topological polar surface area (TPSA) is 88.8 Å². The second kappa shape index (κ2) is 2.74. The van der Waals surface area contributed by atoms with Crippen LogP contribution in [0.1, 0.15) is 5.82 Å². The van der Waals surface area contributed by atoms with Crippen LogP contribution in [0.25, 0.3) is 5.52 Å². The zero-order valence-electron chi connectivity index (χ0n) is 6.62. The second-order valence-electron chi connectivity index (χ2n) is 2.44. The first-order valence-corrected chi connectivity index (χ1v) is 3.58. The first-order valence-electron chi connectivity index (χ1n) is 3.58. The summed E-state index contributed by atoms with van der Waals surface area (Å²) in [5, 5.41) is 11.3. The van der Waals surface area contributed by atoms with Crippen LogP contribution < -0.4 is 5.73 Å². The Balaban J connectivity index is 2.71. The van der Waals surface area contributed by atoms with Crippen molar-refractivity contribution >= 4 is 11.4 Å². The molecule has 0 aliphatic rings. The molecule has 3 N–H and O–H groups in total. The summed E-state index contributed by atoms with van der Waals surface area (Å²) in [6.45, 7) is 0. The maximum absolute atomic E-state index is 8.46. The van der Waals surface area contributed by atoms with Gasteiger partial charge in [-0.25, -0.2) is 4.98 Å². The quantitative estimate of drug-likeness (QED) is 0.274. The highest BCUT2D eigenvalue weighted by Gasteiger charge is 2.06. The van der Waals surface area contributed by atoms with Gasteiger partial charge in [-0.1, -0.05) is 5.16 Å². The zero-order valence-corrected chi connectivity index (χ0v) is 6.62. The molecule has 66 valence electrons. The van der Waals surface area contributed by atoms with Gasteiger partial charge in [0.1, 0.15) is 0 Å². The van der Waals surface area contributed by atoms with Crippen molar-refractivity contribution in [2.75, 3.05) is 0 Å². The molecule has 0 radical (unpaired) electrons. The van der Waals surface area contributed by atoms with Crippen LogP contribution in [-0.2, 0) is 0 Å². The van der Waals surface area contributed by atoms with Gasteiger partial charge >= 0.3 is 0 Å². The smallest absolute Gasteiger partial charge is 0.206 e. The number of hydrogen-bond acceptors (Lipinski definition) is 4. The average molecular weight is 177 g/mol. The fourth-order valence-corrected chi connectivity index (χ4v) is 1.08. The lowest BCUT2D eigenvalue weighted by atomic mass is 10.5. The summed E-state index contributed by atoms with van der Waals surface area (Å²) in [4.78, 5) is 7.88. The van der Waals surface area contributed by atoms with Crippen LogP contribution >= 0.6 is 0 Å². The Morgan fingerprint density at radius 3 is 3.15 bits per heavy atom. The standard InChI is InChI=1S/C7H7N5O/c8-6(11-13)7-10-4-5-3-9-1-2-12(5)7/h1-4,13H,(H2,8,11). The number of oxime groups is 1. The molecule has 0 saturated carbocycles. The highest BCUT2D eigenvalue weighted by molar-refractivity contribution is 5.94. The average Bonchev–Trinajstić information content (AvgIpc) is 2.60. The van der Waals surface area contributed by atoms with Crippen LogP contribution in [0.5, 0.6) is 0 Å². The summed E-state index contributed by atoms with van der Waals surface area (Å²) in [6.07, 6.45) is 6.53. The van der Waals surface area contributed by atoms with Gasteiger partial charge in [0.15, 0.2) is 5.82 Å². The molecule has 0 spiro atoms. The summed E-state index contributed by atoms with van der Waals surface area (Å²) in [5.41, 5.74) is 6.20. The van der Waals surface area contributed by atoms with Crippen molar-refractivity contribution in [1.82, 2.24) is 14.4 Å². The van der Waals surface area contributed by atoms with Crippen molar-refractivity contribution in [3.63, 3.8) is 0 Å². The molecule has 0 aromatic carbocycles. The molecule has 6 nitrogen and oxygen atoms in total. The normalized spacial score (nSPS) is 12.2. The van der Waals surface area contributed by atoms with Crippen molar-refractivity contribution in [1.29, 1.82) is 0 Å². The van der Waals surface area contributed by atoms with Crippen molar-refractivity contribution in [3.05, 3.63) is 30.6 Å².